The third kappa shape index (κ3) is 4.23. The minimum absolute atomic E-state index is 0.0217. The first kappa shape index (κ1) is 19.0. The van der Waals surface area contributed by atoms with Crippen LogP contribution in [0.2, 0.25) is 0 Å². The monoisotopic (exact) mass is 388 g/mol. The van der Waals surface area contributed by atoms with E-state index in [0.29, 0.717) is 18.1 Å². The van der Waals surface area contributed by atoms with Crippen LogP contribution in [0.4, 0.5) is 5.82 Å². The minimum atomic E-state index is -0.0217. The van der Waals surface area contributed by atoms with E-state index < -0.39 is 0 Å². The van der Waals surface area contributed by atoms with Crippen molar-refractivity contribution in [2.75, 3.05) is 32.1 Å². The van der Waals surface area contributed by atoms with Crippen molar-refractivity contribution < 1.29 is 4.79 Å². The van der Waals surface area contributed by atoms with Crippen molar-refractivity contribution >= 4 is 11.7 Å². The average Bonchev–Trinajstić information content (AvgIpc) is 2.79. The predicted molar refractivity (Wildman–Crippen MR) is 112 cm³/mol. The molecule has 7 heteroatoms. The summed E-state index contributed by atoms with van der Waals surface area (Å²) in [4.78, 5) is 34.6. The Hall–Kier alpha value is -3.35. The molecule has 4 heterocycles. The van der Waals surface area contributed by atoms with Crippen molar-refractivity contribution in [3.63, 3.8) is 0 Å². The van der Waals surface area contributed by atoms with Gasteiger partial charge in [-0.15, -0.1) is 0 Å². The third-order valence-corrected chi connectivity index (χ3v) is 5.14. The van der Waals surface area contributed by atoms with Gasteiger partial charge in [-0.25, -0.2) is 9.97 Å². The zero-order valence-corrected chi connectivity index (χ0v) is 16.7. The Labute approximate surface area is 170 Å². The lowest BCUT2D eigenvalue weighted by molar-refractivity contribution is 0.0700. The fraction of sp³-hybridized carbons (Fsp3) is 0.318. The molecule has 1 aliphatic rings. The Morgan fingerprint density at radius 2 is 1.93 bits per heavy atom. The molecule has 0 spiro atoms. The summed E-state index contributed by atoms with van der Waals surface area (Å²) in [6.45, 7) is 1.38. The van der Waals surface area contributed by atoms with E-state index in [1.165, 1.54) is 0 Å². The lowest BCUT2D eigenvalue weighted by Gasteiger charge is -2.32. The lowest BCUT2D eigenvalue weighted by Crippen LogP contribution is -2.39. The van der Waals surface area contributed by atoms with Crippen molar-refractivity contribution in [1.82, 2.24) is 24.8 Å². The summed E-state index contributed by atoms with van der Waals surface area (Å²) in [5.41, 5.74) is 2.39. The maximum absolute atomic E-state index is 12.9. The average molecular weight is 388 g/mol. The van der Waals surface area contributed by atoms with E-state index in [4.69, 9.17) is 9.97 Å². The summed E-state index contributed by atoms with van der Waals surface area (Å²) >= 11 is 0. The van der Waals surface area contributed by atoms with E-state index in [0.717, 1.165) is 36.5 Å². The maximum Gasteiger partial charge on any atom is 0.272 e. The van der Waals surface area contributed by atoms with Crippen LogP contribution in [0, 0.1) is 0 Å². The molecule has 0 aliphatic carbocycles. The first-order chi connectivity index (χ1) is 14.1. The molecule has 7 nitrogen and oxygen atoms in total. The fourth-order valence-corrected chi connectivity index (χ4v) is 3.58. The van der Waals surface area contributed by atoms with E-state index in [1.807, 2.05) is 54.2 Å². The highest BCUT2D eigenvalue weighted by Crippen LogP contribution is 2.29. The van der Waals surface area contributed by atoms with Gasteiger partial charge in [-0.3, -0.25) is 14.8 Å². The number of piperidine rings is 1. The molecule has 0 bridgehead atoms. The number of aromatic nitrogens is 4. The summed E-state index contributed by atoms with van der Waals surface area (Å²) < 4.78 is 0. The van der Waals surface area contributed by atoms with Crippen LogP contribution in [-0.4, -0.2) is 57.9 Å². The van der Waals surface area contributed by atoms with Gasteiger partial charge >= 0.3 is 0 Å². The van der Waals surface area contributed by atoms with Crippen LogP contribution in [-0.2, 0) is 0 Å². The first-order valence-electron chi connectivity index (χ1n) is 9.79. The number of hydrogen-bond donors (Lipinski definition) is 0. The van der Waals surface area contributed by atoms with Gasteiger partial charge in [0.1, 0.15) is 11.5 Å². The Bertz CT molecular complexity index is 977. The SMILES string of the molecule is CN(C)c1cc([C@H]2CCCN(C(=O)c3ccccn3)C2)nc(-c2ccncc2)n1. The summed E-state index contributed by atoms with van der Waals surface area (Å²) in [6, 6.07) is 11.3. The predicted octanol–water partition coefficient (Wildman–Crippen LogP) is 3.02. The molecule has 3 aromatic rings. The van der Waals surface area contributed by atoms with E-state index >= 15 is 0 Å². The highest BCUT2D eigenvalue weighted by molar-refractivity contribution is 5.92. The molecule has 4 rings (SSSR count). The summed E-state index contributed by atoms with van der Waals surface area (Å²) in [5.74, 6) is 1.68. The van der Waals surface area contributed by atoms with Crippen molar-refractivity contribution in [1.29, 1.82) is 0 Å². The molecule has 1 atom stereocenters. The summed E-state index contributed by atoms with van der Waals surface area (Å²) in [7, 11) is 3.94. The molecule has 0 radical (unpaired) electrons. The number of hydrogen-bond acceptors (Lipinski definition) is 6. The fourth-order valence-electron chi connectivity index (χ4n) is 3.58. The standard InChI is InChI=1S/C22H24N6O/c1-27(2)20-14-19(25-21(26-20)16-8-11-23-12-9-16)17-6-5-13-28(15-17)22(29)18-7-3-4-10-24-18/h3-4,7-12,14,17H,5-6,13,15H2,1-2H3/t17-/m0/s1. The van der Waals surface area contributed by atoms with Crippen LogP contribution in [0.1, 0.15) is 34.9 Å². The van der Waals surface area contributed by atoms with E-state index in [1.54, 1.807) is 24.7 Å². The Morgan fingerprint density at radius 3 is 2.66 bits per heavy atom. The van der Waals surface area contributed by atoms with Gasteiger partial charge in [-0.1, -0.05) is 6.07 Å². The van der Waals surface area contributed by atoms with Gasteiger partial charge in [0.15, 0.2) is 5.82 Å². The first-order valence-corrected chi connectivity index (χ1v) is 9.79. The number of amides is 1. The van der Waals surface area contributed by atoms with Gasteiger partial charge < -0.3 is 9.80 Å². The Morgan fingerprint density at radius 1 is 1.10 bits per heavy atom. The number of rotatable bonds is 4. The third-order valence-electron chi connectivity index (χ3n) is 5.14. The highest BCUT2D eigenvalue weighted by Gasteiger charge is 2.27. The number of carbonyl (C=O) groups excluding carboxylic acids is 1. The van der Waals surface area contributed by atoms with Gasteiger partial charge in [-0.2, -0.15) is 0 Å². The van der Waals surface area contributed by atoms with E-state index in [9.17, 15) is 4.79 Å². The van der Waals surface area contributed by atoms with Crippen LogP contribution in [0.25, 0.3) is 11.4 Å². The summed E-state index contributed by atoms with van der Waals surface area (Å²) in [5, 5.41) is 0. The molecule has 1 fully saturated rings. The number of likely N-dealkylation sites (tertiary alicyclic amines) is 1. The lowest BCUT2D eigenvalue weighted by atomic mass is 9.94. The number of carbonyl (C=O) groups is 1. The van der Waals surface area contributed by atoms with Gasteiger partial charge in [0.05, 0.1) is 5.69 Å². The summed E-state index contributed by atoms with van der Waals surface area (Å²) in [6.07, 6.45) is 7.08. The van der Waals surface area contributed by atoms with Crippen molar-refractivity contribution in [2.45, 2.75) is 18.8 Å². The van der Waals surface area contributed by atoms with Crippen LogP contribution >= 0.6 is 0 Å². The minimum Gasteiger partial charge on any atom is -0.363 e. The second-order valence-electron chi connectivity index (χ2n) is 7.41. The van der Waals surface area contributed by atoms with Crippen molar-refractivity contribution in [3.05, 3.63) is 66.4 Å². The van der Waals surface area contributed by atoms with E-state index in [-0.39, 0.29) is 11.8 Å². The maximum atomic E-state index is 12.9. The van der Waals surface area contributed by atoms with E-state index in [2.05, 4.69) is 9.97 Å². The normalized spacial score (nSPS) is 16.5. The zero-order valence-electron chi connectivity index (χ0n) is 16.7. The molecule has 0 N–H and O–H groups in total. The molecule has 1 aliphatic heterocycles. The number of nitrogens with zero attached hydrogens (tertiary/aromatic N) is 6. The van der Waals surface area contributed by atoms with Gasteiger partial charge in [0, 0.05) is 63.3 Å². The number of anilines is 1. The molecule has 0 unspecified atom stereocenters. The molecular weight excluding hydrogens is 364 g/mol. The van der Waals surface area contributed by atoms with Crippen LogP contribution in [0.3, 0.4) is 0 Å². The molecule has 1 saturated heterocycles. The second kappa shape index (κ2) is 8.34. The van der Waals surface area contributed by atoms with Crippen LogP contribution in [0.15, 0.2) is 55.0 Å². The molecule has 3 aromatic heterocycles. The second-order valence-corrected chi connectivity index (χ2v) is 7.41. The van der Waals surface area contributed by atoms with Gasteiger partial charge in [0.2, 0.25) is 0 Å². The smallest absolute Gasteiger partial charge is 0.272 e. The van der Waals surface area contributed by atoms with Gasteiger partial charge in [0.25, 0.3) is 5.91 Å². The highest BCUT2D eigenvalue weighted by atomic mass is 16.2. The van der Waals surface area contributed by atoms with Crippen LogP contribution < -0.4 is 4.90 Å². The molecule has 148 valence electrons. The number of pyridine rings is 2. The van der Waals surface area contributed by atoms with Crippen LogP contribution in [0.5, 0.6) is 0 Å². The molecule has 1 amide bonds. The molecule has 29 heavy (non-hydrogen) atoms. The largest absolute Gasteiger partial charge is 0.363 e. The Balaban J connectivity index is 1.63. The molecule has 0 aromatic carbocycles. The molecule has 0 saturated carbocycles. The van der Waals surface area contributed by atoms with Crippen molar-refractivity contribution in [2.24, 2.45) is 0 Å². The Kier molecular flexibility index (Phi) is 5.46. The topological polar surface area (TPSA) is 75.1 Å². The zero-order chi connectivity index (χ0) is 20.2. The van der Waals surface area contributed by atoms with Crippen molar-refractivity contribution in [3.8, 4) is 11.4 Å². The van der Waals surface area contributed by atoms with Gasteiger partial charge in [-0.05, 0) is 37.1 Å². The quantitative estimate of drug-likeness (QED) is 0.684. The molecular formula is C22H24N6O.